The third-order valence-electron chi connectivity index (χ3n) is 12.4. The highest BCUT2D eigenvalue weighted by Crippen LogP contribution is 2.46. The summed E-state index contributed by atoms with van der Waals surface area (Å²) in [7, 11) is 0. The summed E-state index contributed by atoms with van der Waals surface area (Å²) >= 11 is 0. The van der Waals surface area contributed by atoms with Gasteiger partial charge >= 0.3 is 0 Å². The van der Waals surface area contributed by atoms with Crippen LogP contribution in [0.15, 0.2) is 209 Å². The SMILES string of the molecule is c1ccc(-n2c3ccccc3c3cc(-c4ccc(-c5c6ccccc6c(-c6ccc7oc8c(ccc9c%10ccccc%10oc98)c7c6)c6ccccc56)cc4)ccc32)cc1. The molecule has 3 nitrogen and oxygen atoms in total. The van der Waals surface area contributed by atoms with E-state index in [9.17, 15) is 0 Å². The molecule has 3 aromatic heterocycles. The minimum Gasteiger partial charge on any atom is -0.452 e. The summed E-state index contributed by atoms with van der Waals surface area (Å²) in [4.78, 5) is 0. The van der Waals surface area contributed by atoms with Crippen LogP contribution in [0, 0.1) is 0 Å². The number of aromatic nitrogens is 1. The van der Waals surface area contributed by atoms with Gasteiger partial charge in [-0.1, -0.05) is 140 Å². The molecule has 0 unspecified atom stereocenters. The Labute approximate surface area is 338 Å². The van der Waals surface area contributed by atoms with Crippen molar-refractivity contribution in [3.8, 4) is 39.1 Å². The highest BCUT2D eigenvalue weighted by molar-refractivity contribution is 6.23. The van der Waals surface area contributed by atoms with Gasteiger partial charge in [0.05, 0.1) is 11.0 Å². The van der Waals surface area contributed by atoms with Crippen molar-refractivity contribution in [2.24, 2.45) is 0 Å². The number of fused-ring (bicyclic) bond motifs is 12. The zero-order valence-corrected chi connectivity index (χ0v) is 31.8. The molecule has 0 saturated carbocycles. The highest BCUT2D eigenvalue weighted by Gasteiger charge is 2.20. The van der Waals surface area contributed by atoms with Crippen molar-refractivity contribution >= 4 is 87.2 Å². The van der Waals surface area contributed by atoms with E-state index in [1.807, 2.05) is 12.1 Å². The van der Waals surface area contributed by atoms with Crippen LogP contribution in [0.3, 0.4) is 0 Å². The average molecular weight is 752 g/mol. The first-order chi connectivity index (χ1) is 29.3. The van der Waals surface area contributed by atoms with E-state index in [0.717, 1.165) is 49.4 Å². The number of hydrogen-bond donors (Lipinski definition) is 0. The van der Waals surface area contributed by atoms with Crippen LogP contribution in [0.1, 0.15) is 0 Å². The molecule has 10 aromatic carbocycles. The minimum atomic E-state index is 0.790. The van der Waals surface area contributed by atoms with Crippen LogP contribution in [0.25, 0.3) is 126 Å². The Balaban J connectivity index is 0.951. The third-order valence-corrected chi connectivity index (χ3v) is 12.4. The molecule has 3 heterocycles. The topological polar surface area (TPSA) is 31.2 Å². The molecule has 0 aliphatic heterocycles. The predicted octanol–water partition coefficient (Wildman–Crippen LogP) is 15.9. The van der Waals surface area contributed by atoms with Gasteiger partial charge in [-0.15, -0.1) is 0 Å². The fourth-order valence-corrected chi connectivity index (χ4v) is 9.76. The van der Waals surface area contributed by atoms with Gasteiger partial charge < -0.3 is 13.4 Å². The summed E-state index contributed by atoms with van der Waals surface area (Å²) < 4.78 is 15.3. The van der Waals surface area contributed by atoms with E-state index in [1.54, 1.807) is 0 Å². The Kier molecular flexibility index (Phi) is 6.72. The van der Waals surface area contributed by atoms with E-state index < -0.39 is 0 Å². The number of hydrogen-bond acceptors (Lipinski definition) is 2. The zero-order valence-electron chi connectivity index (χ0n) is 31.8. The maximum atomic E-state index is 6.54. The Morgan fingerprint density at radius 2 is 0.746 bits per heavy atom. The van der Waals surface area contributed by atoms with Crippen LogP contribution in [0.5, 0.6) is 0 Å². The van der Waals surface area contributed by atoms with Gasteiger partial charge in [-0.3, -0.25) is 0 Å². The summed E-state index contributed by atoms with van der Waals surface area (Å²) in [5, 5.41) is 11.7. The van der Waals surface area contributed by atoms with Crippen LogP contribution < -0.4 is 0 Å². The first-order valence-corrected chi connectivity index (χ1v) is 20.2. The molecule has 0 spiro atoms. The van der Waals surface area contributed by atoms with E-state index in [4.69, 9.17) is 8.83 Å². The molecule has 0 radical (unpaired) electrons. The molecule has 0 aliphatic carbocycles. The van der Waals surface area contributed by atoms with E-state index in [2.05, 4.69) is 193 Å². The van der Waals surface area contributed by atoms with E-state index in [0.29, 0.717) is 0 Å². The molecule has 0 amide bonds. The van der Waals surface area contributed by atoms with Gasteiger partial charge in [-0.2, -0.15) is 0 Å². The van der Waals surface area contributed by atoms with Crippen LogP contribution in [0.4, 0.5) is 0 Å². The molecule has 59 heavy (non-hydrogen) atoms. The lowest BCUT2D eigenvalue weighted by Gasteiger charge is -2.18. The van der Waals surface area contributed by atoms with Gasteiger partial charge in [0.1, 0.15) is 11.2 Å². The highest BCUT2D eigenvalue weighted by atomic mass is 16.4. The fraction of sp³-hybridized carbons (Fsp3) is 0. The zero-order chi connectivity index (χ0) is 38.6. The smallest absolute Gasteiger partial charge is 0.178 e. The van der Waals surface area contributed by atoms with E-state index in [1.165, 1.54) is 76.9 Å². The molecular weight excluding hydrogens is 719 g/mol. The van der Waals surface area contributed by atoms with Crippen molar-refractivity contribution in [2.75, 3.05) is 0 Å². The molecule has 13 aromatic rings. The molecule has 0 bridgehead atoms. The second-order valence-corrected chi connectivity index (χ2v) is 15.6. The molecule has 0 aliphatic rings. The monoisotopic (exact) mass is 751 g/mol. The van der Waals surface area contributed by atoms with Gasteiger partial charge in [0.15, 0.2) is 11.2 Å². The van der Waals surface area contributed by atoms with Crippen LogP contribution >= 0.6 is 0 Å². The lowest BCUT2D eigenvalue weighted by atomic mass is 9.85. The van der Waals surface area contributed by atoms with Crippen molar-refractivity contribution < 1.29 is 8.83 Å². The minimum absolute atomic E-state index is 0.790. The predicted molar refractivity (Wildman–Crippen MR) is 247 cm³/mol. The number of furan rings is 2. The van der Waals surface area contributed by atoms with Gasteiger partial charge in [0.25, 0.3) is 0 Å². The first kappa shape index (κ1) is 32.2. The number of rotatable bonds is 4. The Bertz CT molecular complexity index is 3770. The van der Waals surface area contributed by atoms with Crippen LogP contribution in [-0.4, -0.2) is 4.57 Å². The molecule has 0 saturated heterocycles. The summed E-state index contributed by atoms with van der Waals surface area (Å²) in [5.74, 6) is 0. The van der Waals surface area contributed by atoms with Gasteiger partial charge in [0, 0.05) is 38.0 Å². The number of nitrogens with zero attached hydrogens (tertiary/aromatic N) is 1. The third kappa shape index (κ3) is 4.70. The molecule has 3 heteroatoms. The van der Waals surface area contributed by atoms with Crippen molar-refractivity contribution in [3.63, 3.8) is 0 Å². The van der Waals surface area contributed by atoms with Crippen molar-refractivity contribution in [1.29, 1.82) is 0 Å². The standard InChI is InChI=1S/C56H33NO2/c1-2-12-38(13-3-1)57-49-20-10-8-14-39(49)47-32-36(26-30-50(47)57)34-22-24-35(25-23-34)53-41-16-4-6-18-43(41)54(44-19-7-5-17-42(44)53)37-27-31-52-48(33-37)46-29-28-45-40-15-9-11-21-51(40)58-55(45)56(46)59-52/h1-33H. The maximum Gasteiger partial charge on any atom is 0.178 e. The van der Waals surface area contributed by atoms with Crippen molar-refractivity contribution in [1.82, 2.24) is 4.57 Å². The molecular formula is C56H33NO2. The summed E-state index contributed by atoms with van der Waals surface area (Å²) in [5.41, 5.74) is 14.1. The van der Waals surface area contributed by atoms with E-state index in [-0.39, 0.29) is 0 Å². The molecule has 0 atom stereocenters. The summed E-state index contributed by atoms with van der Waals surface area (Å²) in [6.45, 7) is 0. The summed E-state index contributed by atoms with van der Waals surface area (Å²) in [6, 6.07) is 72.2. The maximum absolute atomic E-state index is 6.54. The molecule has 0 N–H and O–H groups in total. The van der Waals surface area contributed by atoms with Gasteiger partial charge in [0.2, 0.25) is 0 Å². The quantitative estimate of drug-likeness (QED) is 0.168. The van der Waals surface area contributed by atoms with Crippen LogP contribution in [-0.2, 0) is 0 Å². The Morgan fingerprint density at radius 3 is 1.44 bits per heavy atom. The number of benzene rings is 10. The average Bonchev–Trinajstić information content (AvgIpc) is 3.98. The largest absolute Gasteiger partial charge is 0.452 e. The second-order valence-electron chi connectivity index (χ2n) is 15.6. The van der Waals surface area contributed by atoms with Gasteiger partial charge in [-0.25, -0.2) is 0 Å². The fourth-order valence-electron chi connectivity index (χ4n) is 9.76. The van der Waals surface area contributed by atoms with Gasteiger partial charge in [-0.05, 0) is 116 Å². The first-order valence-electron chi connectivity index (χ1n) is 20.2. The van der Waals surface area contributed by atoms with Crippen molar-refractivity contribution in [2.45, 2.75) is 0 Å². The normalized spacial score (nSPS) is 12.1. The van der Waals surface area contributed by atoms with Crippen molar-refractivity contribution in [3.05, 3.63) is 200 Å². The lowest BCUT2D eigenvalue weighted by Crippen LogP contribution is -1.92. The second kappa shape index (κ2) is 12.3. The Morgan fingerprint density at radius 1 is 0.271 bits per heavy atom. The number of para-hydroxylation sites is 3. The van der Waals surface area contributed by atoms with E-state index >= 15 is 0 Å². The molecule has 0 fully saturated rings. The summed E-state index contributed by atoms with van der Waals surface area (Å²) in [6.07, 6.45) is 0. The lowest BCUT2D eigenvalue weighted by molar-refractivity contribution is 0.633. The van der Waals surface area contributed by atoms with Crippen LogP contribution in [0.2, 0.25) is 0 Å². The molecule has 13 rings (SSSR count). The molecule has 274 valence electrons. The Hall–Kier alpha value is -7.88.